The van der Waals surface area contributed by atoms with Gasteiger partial charge in [0.15, 0.2) is 0 Å². The number of amides is 1. The van der Waals surface area contributed by atoms with Crippen molar-refractivity contribution in [3.05, 3.63) is 34.9 Å². The van der Waals surface area contributed by atoms with Crippen molar-refractivity contribution in [1.82, 2.24) is 20.4 Å². The summed E-state index contributed by atoms with van der Waals surface area (Å²) in [7, 11) is 0. The lowest BCUT2D eigenvalue weighted by Crippen LogP contribution is -2.52. The first-order valence-corrected chi connectivity index (χ1v) is 8.77. The summed E-state index contributed by atoms with van der Waals surface area (Å²) >= 11 is 5.86. The average Bonchev–Trinajstić information content (AvgIpc) is 3.09. The molecule has 2 heterocycles. The van der Waals surface area contributed by atoms with Crippen LogP contribution in [0.2, 0.25) is 5.02 Å². The first-order chi connectivity index (χ1) is 11.2. The Bertz CT molecular complexity index is 512. The highest BCUT2D eigenvalue weighted by Gasteiger charge is 2.26. The summed E-state index contributed by atoms with van der Waals surface area (Å²) in [5, 5.41) is 7.12. The minimum atomic E-state index is 0. The van der Waals surface area contributed by atoms with Gasteiger partial charge in [-0.05, 0) is 30.7 Å². The maximum Gasteiger partial charge on any atom is 0.234 e. The Balaban J connectivity index is 0.00000208. The zero-order valence-electron chi connectivity index (χ0n) is 13.8. The highest BCUT2D eigenvalue weighted by atomic mass is 35.5. The van der Waals surface area contributed by atoms with Crippen molar-refractivity contribution in [2.45, 2.75) is 19.0 Å². The molecule has 1 amide bonds. The van der Waals surface area contributed by atoms with Crippen molar-refractivity contribution in [2.24, 2.45) is 0 Å². The van der Waals surface area contributed by atoms with E-state index in [1.54, 1.807) is 0 Å². The van der Waals surface area contributed by atoms with Crippen molar-refractivity contribution in [2.75, 3.05) is 45.8 Å². The molecule has 24 heavy (non-hydrogen) atoms. The third-order valence-electron chi connectivity index (χ3n) is 4.73. The van der Waals surface area contributed by atoms with Gasteiger partial charge in [-0.2, -0.15) is 0 Å². The van der Waals surface area contributed by atoms with Crippen LogP contribution in [0.5, 0.6) is 0 Å². The lowest BCUT2D eigenvalue weighted by atomic mass is 10.2. The molecule has 0 aromatic heterocycles. The van der Waals surface area contributed by atoms with E-state index in [4.69, 9.17) is 11.6 Å². The van der Waals surface area contributed by atoms with Crippen molar-refractivity contribution in [3.8, 4) is 0 Å². The highest BCUT2D eigenvalue weighted by molar-refractivity contribution is 6.30. The number of hydrogen-bond donors (Lipinski definition) is 2. The molecule has 5 nitrogen and oxygen atoms in total. The van der Waals surface area contributed by atoms with Crippen LogP contribution >= 0.6 is 24.0 Å². The lowest BCUT2D eigenvalue weighted by Gasteiger charge is -2.37. The van der Waals surface area contributed by atoms with Gasteiger partial charge in [-0.3, -0.25) is 14.6 Å². The van der Waals surface area contributed by atoms with Crippen molar-refractivity contribution < 1.29 is 4.79 Å². The molecule has 0 bridgehead atoms. The fraction of sp³-hybridized carbons (Fsp3) is 0.588. The van der Waals surface area contributed by atoms with Crippen LogP contribution in [0.25, 0.3) is 0 Å². The maximum absolute atomic E-state index is 12.1. The number of nitrogens with one attached hydrogen (secondary N) is 2. The second-order valence-corrected chi connectivity index (χ2v) is 6.80. The molecule has 3 rings (SSSR count). The minimum Gasteiger partial charge on any atom is -0.351 e. The van der Waals surface area contributed by atoms with Crippen LogP contribution in [-0.4, -0.2) is 67.6 Å². The Labute approximate surface area is 155 Å². The summed E-state index contributed by atoms with van der Waals surface area (Å²) in [6.45, 7) is 7.39. The van der Waals surface area contributed by atoms with Gasteiger partial charge < -0.3 is 10.6 Å². The minimum absolute atomic E-state index is 0. The van der Waals surface area contributed by atoms with E-state index < -0.39 is 0 Å². The molecule has 0 saturated carbocycles. The summed E-state index contributed by atoms with van der Waals surface area (Å²) in [6, 6.07) is 8.27. The molecule has 7 heteroatoms. The molecule has 2 N–H and O–H groups in total. The Hall–Kier alpha value is -0.850. The van der Waals surface area contributed by atoms with Crippen LogP contribution in [0.15, 0.2) is 24.3 Å². The molecular formula is C17H26Cl2N4O. The molecule has 1 atom stereocenters. The van der Waals surface area contributed by atoms with Gasteiger partial charge in [-0.15, -0.1) is 12.4 Å². The summed E-state index contributed by atoms with van der Waals surface area (Å²) in [5.74, 6) is 0.0935. The van der Waals surface area contributed by atoms with Crippen molar-refractivity contribution >= 4 is 29.9 Å². The summed E-state index contributed by atoms with van der Waals surface area (Å²) < 4.78 is 0. The van der Waals surface area contributed by atoms with Crippen LogP contribution in [0.1, 0.15) is 12.0 Å². The van der Waals surface area contributed by atoms with Crippen LogP contribution < -0.4 is 10.6 Å². The van der Waals surface area contributed by atoms with Gasteiger partial charge in [0, 0.05) is 50.3 Å². The molecule has 2 aliphatic heterocycles. The van der Waals surface area contributed by atoms with E-state index >= 15 is 0 Å². The van der Waals surface area contributed by atoms with E-state index in [1.165, 1.54) is 6.42 Å². The van der Waals surface area contributed by atoms with Gasteiger partial charge in [0.05, 0.1) is 6.54 Å². The molecule has 0 spiro atoms. The molecule has 134 valence electrons. The van der Waals surface area contributed by atoms with E-state index in [0.717, 1.165) is 49.9 Å². The second kappa shape index (κ2) is 9.59. The van der Waals surface area contributed by atoms with Crippen molar-refractivity contribution in [1.29, 1.82) is 0 Å². The number of carbonyl (C=O) groups is 1. The van der Waals surface area contributed by atoms with E-state index in [-0.39, 0.29) is 18.3 Å². The van der Waals surface area contributed by atoms with Gasteiger partial charge in [0.1, 0.15) is 0 Å². The van der Waals surface area contributed by atoms with E-state index in [2.05, 4.69) is 20.4 Å². The molecule has 2 fully saturated rings. The zero-order valence-corrected chi connectivity index (χ0v) is 15.4. The topological polar surface area (TPSA) is 47.6 Å². The number of piperazine rings is 1. The van der Waals surface area contributed by atoms with Crippen LogP contribution in [-0.2, 0) is 11.3 Å². The maximum atomic E-state index is 12.1. The quantitative estimate of drug-likeness (QED) is 0.818. The van der Waals surface area contributed by atoms with Gasteiger partial charge in [-0.1, -0.05) is 23.7 Å². The molecule has 2 saturated heterocycles. The molecule has 0 radical (unpaired) electrons. The van der Waals surface area contributed by atoms with Gasteiger partial charge in [0.25, 0.3) is 0 Å². The van der Waals surface area contributed by atoms with E-state index in [1.807, 2.05) is 24.3 Å². The number of benzene rings is 1. The fourth-order valence-electron chi connectivity index (χ4n) is 3.30. The van der Waals surface area contributed by atoms with Crippen LogP contribution in [0.4, 0.5) is 0 Å². The number of rotatable bonds is 5. The second-order valence-electron chi connectivity index (χ2n) is 6.36. The first kappa shape index (κ1) is 19.5. The monoisotopic (exact) mass is 372 g/mol. The van der Waals surface area contributed by atoms with Gasteiger partial charge in [-0.25, -0.2) is 0 Å². The third kappa shape index (κ3) is 5.60. The molecule has 1 aromatic rings. The van der Waals surface area contributed by atoms with E-state index in [9.17, 15) is 4.79 Å². The largest absolute Gasteiger partial charge is 0.351 e. The predicted octanol–water partition coefficient (Wildman–Crippen LogP) is 1.36. The number of nitrogens with zero attached hydrogens (tertiary/aromatic N) is 2. The Morgan fingerprint density at radius 3 is 2.54 bits per heavy atom. The van der Waals surface area contributed by atoms with Crippen LogP contribution in [0.3, 0.4) is 0 Å². The summed E-state index contributed by atoms with van der Waals surface area (Å²) in [6.07, 6.45) is 1.25. The number of halogens is 2. The summed E-state index contributed by atoms with van der Waals surface area (Å²) in [4.78, 5) is 16.9. The molecule has 0 aliphatic carbocycles. The predicted molar refractivity (Wildman–Crippen MR) is 99.8 cm³/mol. The Morgan fingerprint density at radius 2 is 1.92 bits per heavy atom. The molecule has 2 aliphatic rings. The first-order valence-electron chi connectivity index (χ1n) is 8.39. The van der Waals surface area contributed by atoms with Gasteiger partial charge in [0.2, 0.25) is 5.91 Å². The standard InChI is InChI=1S/C17H25ClN4O.ClH/c18-15-3-1-14(2-4-15)11-20-17(23)13-21-7-9-22(10-8-21)16-5-6-19-12-16;/h1-4,16,19H,5-13H2,(H,20,23);1H. The number of carbonyl (C=O) groups excluding carboxylic acids is 1. The van der Waals surface area contributed by atoms with Gasteiger partial charge >= 0.3 is 0 Å². The third-order valence-corrected chi connectivity index (χ3v) is 4.98. The smallest absolute Gasteiger partial charge is 0.234 e. The normalized spacial score (nSPS) is 22.1. The molecular weight excluding hydrogens is 347 g/mol. The number of hydrogen-bond acceptors (Lipinski definition) is 4. The van der Waals surface area contributed by atoms with Crippen LogP contribution in [0, 0.1) is 0 Å². The highest BCUT2D eigenvalue weighted by Crippen LogP contribution is 2.12. The Kier molecular flexibility index (Phi) is 7.78. The SMILES string of the molecule is Cl.O=C(CN1CCN(C2CCNC2)CC1)NCc1ccc(Cl)cc1. The average molecular weight is 373 g/mol. The zero-order chi connectivity index (χ0) is 16.1. The van der Waals surface area contributed by atoms with Crippen molar-refractivity contribution in [3.63, 3.8) is 0 Å². The molecule has 1 aromatic carbocycles. The summed E-state index contributed by atoms with van der Waals surface area (Å²) in [5.41, 5.74) is 1.07. The fourth-order valence-corrected chi connectivity index (χ4v) is 3.43. The van der Waals surface area contributed by atoms with E-state index in [0.29, 0.717) is 19.1 Å². The Morgan fingerprint density at radius 1 is 1.21 bits per heavy atom. The molecule has 1 unspecified atom stereocenters. The lowest BCUT2D eigenvalue weighted by molar-refractivity contribution is -0.122.